The van der Waals surface area contributed by atoms with E-state index in [1.54, 1.807) is 24.3 Å². The lowest BCUT2D eigenvalue weighted by Crippen LogP contribution is -2.10. The van der Waals surface area contributed by atoms with Gasteiger partial charge >= 0.3 is 5.97 Å². The highest BCUT2D eigenvalue weighted by Crippen LogP contribution is 2.38. The van der Waals surface area contributed by atoms with Crippen LogP contribution in [0.1, 0.15) is 33.6 Å². The normalized spacial score (nSPS) is 14.1. The van der Waals surface area contributed by atoms with Crippen LogP contribution >= 0.6 is 11.6 Å². The zero-order valence-electron chi connectivity index (χ0n) is 14.7. The van der Waals surface area contributed by atoms with Gasteiger partial charge in [0.25, 0.3) is 0 Å². The van der Waals surface area contributed by atoms with Gasteiger partial charge in [-0.3, -0.25) is 0 Å². The van der Waals surface area contributed by atoms with E-state index >= 15 is 0 Å². The van der Waals surface area contributed by atoms with E-state index in [-0.39, 0.29) is 6.61 Å². The highest BCUT2D eigenvalue weighted by atomic mass is 35.5. The van der Waals surface area contributed by atoms with Crippen molar-refractivity contribution in [1.82, 2.24) is 4.98 Å². The predicted octanol–water partition coefficient (Wildman–Crippen LogP) is 5.19. The molecule has 28 heavy (non-hydrogen) atoms. The first-order chi connectivity index (χ1) is 13.6. The molecule has 0 fully saturated rings. The zero-order chi connectivity index (χ0) is 19.7. The standard InChI is InChI=1S/C22H14ClFN2O2/c23-17-5-3-6-18(24)16(17)12-13-8-9-15-20(22(27)28-11-10-25)14-4-1-2-7-19(14)26-21(13)15/h1-7,12H,8-9,11H2. The molecule has 1 aromatic heterocycles. The summed E-state index contributed by atoms with van der Waals surface area (Å²) in [6.07, 6.45) is 2.86. The number of nitriles is 1. The Kier molecular flexibility index (Phi) is 4.81. The van der Waals surface area contributed by atoms with Gasteiger partial charge in [0.1, 0.15) is 11.9 Å². The summed E-state index contributed by atoms with van der Waals surface area (Å²) < 4.78 is 19.3. The van der Waals surface area contributed by atoms with Crippen molar-refractivity contribution in [2.24, 2.45) is 0 Å². The van der Waals surface area contributed by atoms with Gasteiger partial charge in [0.15, 0.2) is 6.61 Å². The van der Waals surface area contributed by atoms with Gasteiger partial charge in [-0.2, -0.15) is 5.26 Å². The van der Waals surface area contributed by atoms with Gasteiger partial charge in [-0.15, -0.1) is 0 Å². The summed E-state index contributed by atoms with van der Waals surface area (Å²) in [7, 11) is 0. The number of para-hydroxylation sites is 1. The van der Waals surface area contributed by atoms with Crippen molar-refractivity contribution in [3.63, 3.8) is 0 Å². The molecule has 1 aliphatic rings. The largest absolute Gasteiger partial charge is 0.447 e. The Morgan fingerprint density at radius 2 is 2.07 bits per heavy atom. The van der Waals surface area contributed by atoms with Crippen LogP contribution in [-0.4, -0.2) is 17.6 Å². The fourth-order valence-electron chi connectivity index (χ4n) is 3.51. The minimum absolute atomic E-state index is 0.301. The Balaban J connectivity index is 1.91. The maximum absolute atomic E-state index is 14.2. The predicted molar refractivity (Wildman–Crippen MR) is 105 cm³/mol. The van der Waals surface area contributed by atoms with Crippen molar-refractivity contribution >= 4 is 40.1 Å². The molecule has 0 radical (unpaired) electrons. The van der Waals surface area contributed by atoms with Crippen LogP contribution < -0.4 is 0 Å². The van der Waals surface area contributed by atoms with Crippen LogP contribution in [0.4, 0.5) is 4.39 Å². The molecule has 138 valence electrons. The van der Waals surface area contributed by atoms with Crippen molar-refractivity contribution in [3.05, 3.63) is 75.7 Å². The average Bonchev–Trinajstić information content (AvgIpc) is 3.09. The molecule has 4 nitrogen and oxygen atoms in total. The molecule has 0 N–H and O–H groups in total. The lowest BCUT2D eigenvalue weighted by molar-refractivity contribution is 0.0556. The van der Waals surface area contributed by atoms with Gasteiger partial charge in [0.05, 0.1) is 21.8 Å². The van der Waals surface area contributed by atoms with Crippen molar-refractivity contribution in [1.29, 1.82) is 5.26 Å². The maximum atomic E-state index is 14.2. The van der Waals surface area contributed by atoms with Crippen molar-refractivity contribution in [3.8, 4) is 6.07 Å². The number of fused-ring (bicyclic) bond motifs is 2. The second-order valence-electron chi connectivity index (χ2n) is 6.37. The number of aromatic nitrogens is 1. The first-order valence-corrected chi connectivity index (χ1v) is 9.08. The van der Waals surface area contributed by atoms with E-state index in [1.165, 1.54) is 6.07 Å². The monoisotopic (exact) mass is 392 g/mol. The van der Waals surface area contributed by atoms with Crippen LogP contribution in [0.5, 0.6) is 0 Å². The van der Waals surface area contributed by atoms with Crippen LogP contribution in [0.25, 0.3) is 22.6 Å². The summed E-state index contributed by atoms with van der Waals surface area (Å²) in [6.45, 7) is -0.322. The van der Waals surface area contributed by atoms with E-state index in [0.29, 0.717) is 45.6 Å². The molecule has 4 rings (SSSR count). The maximum Gasteiger partial charge on any atom is 0.340 e. The summed E-state index contributed by atoms with van der Waals surface area (Å²) in [5.41, 5.74) is 3.55. The number of ether oxygens (including phenoxy) is 1. The molecule has 0 unspecified atom stereocenters. The van der Waals surface area contributed by atoms with E-state index in [2.05, 4.69) is 0 Å². The minimum atomic E-state index is -0.554. The Hall–Kier alpha value is -3.23. The van der Waals surface area contributed by atoms with E-state index in [4.69, 9.17) is 26.6 Å². The number of pyridine rings is 1. The molecule has 0 spiro atoms. The number of benzene rings is 2. The summed E-state index contributed by atoms with van der Waals surface area (Å²) >= 11 is 6.16. The summed E-state index contributed by atoms with van der Waals surface area (Å²) in [5, 5.41) is 9.72. The molecule has 0 aliphatic heterocycles. The van der Waals surface area contributed by atoms with Crippen LogP contribution in [0.15, 0.2) is 42.5 Å². The topological polar surface area (TPSA) is 63.0 Å². The van der Waals surface area contributed by atoms with Crippen LogP contribution in [0, 0.1) is 17.1 Å². The Morgan fingerprint density at radius 1 is 1.25 bits per heavy atom. The zero-order valence-corrected chi connectivity index (χ0v) is 15.5. The Bertz CT molecular complexity index is 1160. The molecule has 1 heterocycles. The first-order valence-electron chi connectivity index (χ1n) is 8.71. The van der Waals surface area contributed by atoms with Crippen LogP contribution in [0.3, 0.4) is 0 Å². The third-order valence-corrected chi connectivity index (χ3v) is 5.06. The quantitative estimate of drug-likeness (QED) is 0.575. The van der Waals surface area contributed by atoms with E-state index in [9.17, 15) is 9.18 Å². The lowest BCUT2D eigenvalue weighted by Gasteiger charge is -2.11. The molecule has 0 amide bonds. The second kappa shape index (κ2) is 7.41. The fourth-order valence-corrected chi connectivity index (χ4v) is 3.72. The number of halogens is 2. The Labute approximate surface area is 165 Å². The molecule has 0 atom stereocenters. The number of carbonyl (C=O) groups excluding carboxylic acids is 1. The van der Waals surface area contributed by atoms with Crippen molar-refractivity contribution in [2.45, 2.75) is 12.8 Å². The molecular weight excluding hydrogens is 379 g/mol. The van der Waals surface area contributed by atoms with Gasteiger partial charge in [0, 0.05) is 10.9 Å². The van der Waals surface area contributed by atoms with Gasteiger partial charge < -0.3 is 4.74 Å². The molecule has 0 saturated heterocycles. The minimum Gasteiger partial charge on any atom is -0.447 e. The highest BCUT2D eigenvalue weighted by Gasteiger charge is 2.28. The fraction of sp³-hybridized carbons (Fsp3) is 0.136. The molecule has 2 aromatic carbocycles. The lowest BCUT2D eigenvalue weighted by atomic mass is 10.0. The molecular formula is C22H14ClFN2O2. The van der Waals surface area contributed by atoms with Gasteiger partial charge in [-0.25, -0.2) is 14.2 Å². The number of allylic oxidation sites excluding steroid dienone is 1. The van der Waals surface area contributed by atoms with Crippen molar-refractivity contribution < 1.29 is 13.9 Å². The number of hydrogen-bond acceptors (Lipinski definition) is 4. The van der Waals surface area contributed by atoms with Gasteiger partial charge in [-0.05, 0) is 48.3 Å². The molecule has 0 bridgehead atoms. The molecule has 1 aliphatic carbocycles. The molecule has 0 saturated carbocycles. The average molecular weight is 393 g/mol. The van der Waals surface area contributed by atoms with Gasteiger partial charge in [0.2, 0.25) is 0 Å². The Morgan fingerprint density at radius 3 is 2.86 bits per heavy atom. The number of nitrogens with zero attached hydrogens (tertiary/aromatic N) is 2. The van der Waals surface area contributed by atoms with Crippen LogP contribution in [0.2, 0.25) is 5.02 Å². The first kappa shape index (κ1) is 18.1. The van der Waals surface area contributed by atoms with E-state index in [1.807, 2.05) is 24.3 Å². The van der Waals surface area contributed by atoms with Crippen molar-refractivity contribution in [2.75, 3.05) is 6.61 Å². The summed E-state index contributed by atoms with van der Waals surface area (Å²) in [5.74, 6) is -0.968. The smallest absolute Gasteiger partial charge is 0.340 e. The summed E-state index contributed by atoms with van der Waals surface area (Å²) in [4.78, 5) is 17.4. The second-order valence-corrected chi connectivity index (χ2v) is 6.78. The highest BCUT2D eigenvalue weighted by molar-refractivity contribution is 6.32. The molecule has 3 aromatic rings. The SMILES string of the molecule is N#CCOC(=O)c1c2c(nc3ccccc13)C(=Cc1c(F)cccc1Cl)CC2. The van der Waals surface area contributed by atoms with Gasteiger partial charge in [-0.1, -0.05) is 35.9 Å². The number of carbonyl (C=O) groups is 1. The number of rotatable bonds is 3. The number of esters is 1. The van der Waals surface area contributed by atoms with E-state index < -0.39 is 11.8 Å². The van der Waals surface area contributed by atoms with E-state index in [0.717, 1.165) is 11.1 Å². The molecule has 6 heteroatoms. The summed E-state index contributed by atoms with van der Waals surface area (Å²) in [6, 6.07) is 13.6. The number of hydrogen-bond donors (Lipinski definition) is 0. The third-order valence-electron chi connectivity index (χ3n) is 4.73. The third kappa shape index (κ3) is 3.12. The van der Waals surface area contributed by atoms with Crippen LogP contribution in [-0.2, 0) is 11.2 Å².